The minimum atomic E-state index is 0.305. The highest BCUT2D eigenvalue weighted by atomic mass is 16.3. The summed E-state index contributed by atoms with van der Waals surface area (Å²) < 4.78 is 0. The third-order valence-electron chi connectivity index (χ3n) is 3.35. The second-order valence-corrected chi connectivity index (χ2v) is 4.66. The van der Waals surface area contributed by atoms with Crippen molar-refractivity contribution in [2.24, 2.45) is 0 Å². The maximum Gasteiger partial charge on any atom is 0.115 e. The molecule has 1 nitrogen and oxygen atoms in total. The Labute approximate surface area is 108 Å². The molecule has 0 fully saturated rings. The van der Waals surface area contributed by atoms with Crippen LogP contribution in [0.4, 0.5) is 0 Å². The third kappa shape index (κ3) is 2.62. The topological polar surface area (TPSA) is 20.2 Å². The first-order valence-electron chi connectivity index (χ1n) is 6.12. The molecule has 0 atom stereocenters. The van der Waals surface area contributed by atoms with Gasteiger partial charge in [0.2, 0.25) is 0 Å². The van der Waals surface area contributed by atoms with Crippen molar-refractivity contribution in [1.29, 1.82) is 0 Å². The SMILES string of the molecule is C/C(=C(/C)c1ccc(O)cc1)c1ccc(C)cc1. The van der Waals surface area contributed by atoms with Crippen molar-refractivity contribution in [3.63, 3.8) is 0 Å². The van der Waals surface area contributed by atoms with Crippen LogP contribution in [0.2, 0.25) is 0 Å². The Kier molecular flexibility index (Phi) is 3.52. The molecule has 2 aromatic carbocycles. The van der Waals surface area contributed by atoms with E-state index in [4.69, 9.17) is 0 Å². The van der Waals surface area contributed by atoms with Crippen LogP contribution >= 0.6 is 0 Å². The Hall–Kier alpha value is -2.02. The number of aryl methyl sites for hydroxylation is 1. The molecule has 2 aromatic rings. The molecule has 18 heavy (non-hydrogen) atoms. The average molecular weight is 238 g/mol. The number of hydrogen-bond acceptors (Lipinski definition) is 1. The van der Waals surface area contributed by atoms with Crippen LogP contribution in [0.5, 0.6) is 5.75 Å². The first kappa shape index (κ1) is 12.4. The summed E-state index contributed by atoms with van der Waals surface area (Å²) >= 11 is 0. The van der Waals surface area contributed by atoms with E-state index >= 15 is 0 Å². The quantitative estimate of drug-likeness (QED) is 0.755. The fourth-order valence-electron chi connectivity index (χ4n) is 1.95. The standard InChI is InChI=1S/C17H18O/c1-12-4-6-15(7-5-12)13(2)14(3)16-8-10-17(18)11-9-16/h4-11,18H,1-3H3/b14-13+. The summed E-state index contributed by atoms with van der Waals surface area (Å²) in [6.45, 7) is 6.34. The lowest BCUT2D eigenvalue weighted by Gasteiger charge is -2.09. The molecule has 0 spiro atoms. The van der Waals surface area contributed by atoms with Crippen LogP contribution in [0, 0.1) is 6.92 Å². The number of aromatic hydroxyl groups is 1. The fourth-order valence-corrected chi connectivity index (χ4v) is 1.95. The normalized spacial score (nSPS) is 12.2. The van der Waals surface area contributed by atoms with E-state index in [1.165, 1.54) is 22.3 Å². The summed E-state index contributed by atoms with van der Waals surface area (Å²) in [4.78, 5) is 0. The van der Waals surface area contributed by atoms with Gasteiger partial charge in [-0.3, -0.25) is 0 Å². The Morgan fingerprint density at radius 2 is 1.11 bits per heavy atom. The van der Waals surface area contributed by atoms with E-state index < -0.39 is 0 Å². The van der Waals surface area contributed by atoms with Gasteiger partial charge in [0.15, 0.2) is 0 Å². The average Bonchev–Trinajstić information content (AvgIpc) is 2.39. The molecule has 0 unspecified atom stereocenters. The van der Waals surface area contributed by atoms with Gasteiger partial charge in [-0.25, -0.2) is 0 Å². The lowest BCUT2D eigenvalue weighted by Crippen LogP contribution is -1.86. The van der Waals surface area contributed by atoms with E-state index in [0.29, 0.717) is 5.75 Å². The van der Waals surface area contributed by atoms with Gasteiger partial charge in [-0.05, 0) is 55.2 Å². The van der Waals surface area contributed by atoms with E-state index in [0.717, 1.165) is 5.56 Å². The van der Waals surface area contributed by atoms with Gasteiger partial charge >= 0.3 is 0 Å². The summed E-state index contributed by atoms with van der Waals surface area (Å²) in [5.74, 6) is 0.305. The van der Waals surface area contributed by atoms with Crippen LogP contribution in [0.3, 0.4) is 0 Å². The van der Waals surface area contributed by atoms with E-state index in [1.54, 1.807) is 12.1 Å². The predicted molar refractivity (Wildman–Crippen MR) is 77.4 cm³/mol. The molecule has 0 aliphatic rings. The van der Waals surface area contributed by atoms with E-state index in [1.807, 2.05) is 12.1 Å². The van der Waals surface area contributed by atoms with Crippen LogP contribution in [-0.2, 0) is 0 Å². The van der Waals surface area contributed by atoms with Gasteiger partial charge < -0.3 is 5.11 Å². The Bertz CT molecular complexity index is 506. The van der Waals surface area contributed by atoms with Gasteiger partial charge in [-0.15, -0.1) is 0 Å². The number of benzene rings is 2. The predicted octanol–water partition coefficient (Wildman–Crippen LogP) is 4.65. The number of hydrogen-bond donors (Lipinski definition) is 1. The monoisotopic (exact) mass is 238 g/mol. The summed E-state index contributed by atoms with van der Waals surface area (Å²) in [6.07, 6.45) is 0. The fraction of sp³-hybridized carbons (Fsp3) is 0.176. The molecule has 0 aliphatic heterocycles. The van der Waals surface area contributed by atoms with Gasteiger partial charge in [0.25, 0.3) is 0 Å². The molecule has 0 aromatic heterocycles. The van der Waals surface area contributed by atoms with Gasteiger partial charge in [-0.1, -0.05) is 42.0 Å². The molecule has 2 rings (SSSR count). The molecule has 0 amide bonds. The van der Waals surface area contributed by atoms with Crippen molar-refractivity contribution in [2.45, 2.75) is 20.8 Å². The van der Waals surface area contributed by atoms with Crippen LogP contribution in [0.15, 0.2) is 48.5 Å². The first-order valence-corrected chi connectivity index (χ1v) is 6.12. The number of phenols is 1. The highest BCUT2D eigenvalue weighted by molar-refractivity contribution is 5.88. The van der Waals surface area contributed by atoms with Crippen LogP contribution in [-0.4, -0.2) is 5.11 Å². The zero-order chi connectivity index (χ0) is 13.1. The lowest BCUT2D eigenvalue weighted by molar-refractivity contribution is 0.475. The molecule has 0 saturated carbocycles. The molecule has 1 N–H and O–H groups in total. The summed E-state index contributed by atoms with van der Waals surface area (Å²) in [6, 6.07) is 15.9. The third-order valence-corrected chi connectivity index (χ3v) is 3.35. The largest absolute Gasteiger partial charge is 0.508 e. The number of allylic oxidation sites excluding steroid dienone is 2. The van der Waals surface area contributed by atoms with E-state index in [-0.39, 0.29) is 0 Å². The van der Waals surface area contributed by atoms with Crippen molar-refractivity contribution >= 4 is 11.1 Å². The van der Waals surface area contributed by atoms with E-state index in [2.05, 4.69) is 45.0 Å². The highest BCUT2D eigenvalue weighted by Gasteiger charge is 2.03. The zero-order valence-electron chi connectivity index (χ0n) is 11.1. The highest BCUT2D eigenvalue weighted by Crippen LogP contribution is 2.26. The summed E-state index contributed by atoms with van der Waals surface area (Å²) in [5, 5.41) is 9.31. The van der Waals surface area contributed by atoms with Crippen LogP contribution < -0.4 is 0 Å². The van der Waals surface area contributed by atoms with Gasteiger partial charge in [-0.2, -0.15) is 0 Å². The van der Waals surface area contributed by atoms with Crippen molar-refractivity contribution < 1.29 is 5.11 Å². The zero-order valence-corrected chi connectivity index (χ0v) is 11.1. The second-order valence-electron chi connectivity index (χ2n) is 4.66. The Morgan fingerprint density at radius 3 is 1.56 bits per heavy atom. The maximum atomic E-state index is 9.31. The van der Waals surface area contributed by atoms with E-state index in [9.17, 15) is 5.11 Å². The van der Waals surface area contributed by atoms with Crippen molar-refractivity contribution in [3.05, 3.63) is 65.2 Å². The molecule has 0 heterocycles. The molecule has 0 aliphatic carbocycles. The van der Waals surface area contributed by atoms with Gasteiger partial charge in [0.1, 0.15) is 5.75 Å². The minimum absolute atomic E-state index is 0.305. The molecular weight excluding hydrogens is 220 g/mol. The molecular formula is C17H18O. The van der Waals surface area contributed by atoms with Gasteiger partial charge in [0.05, 0.1) is 0 Å². The Morgan fingerprint density at radius 1 is 0.722 bits per heavy atom. The van der Waals surface area contributed by atoms with Crippen molar-refractivity contribution in [3.8, 4) is 5.75 Å². The molecule has 0 saturated heterocycles. The second kappa shape index (κ2) is 5.09. The van der Waals surface area contributed by atoms with Gasteiger partial charge in [0, 0.05) is 0 Å². The van der Waals surface area contributed by atoms with Crippen LogP contribution in [0.1, 0.15) is 30.5 Å². The molecule has 92 valence electrons. The molecule has 0 radical (unpaired) electrons. The molecule has 0 bridgehead atoms. The first-order chi connectivity index (χ1) is 8.58. The molecule has 1 heteroatoms. The maximum absolute atomic E-state index is 9.31. The smallest absolute Gasteiger partial charge is 0.115 e. The van der Waals surface area contributed by atoms with Crippen molar-refractivity contribution in [2.75, 3.05) is 0 Å². The summed E-state index contributed by atoms with van der Waals surface area (Å²) in [7, 11) is 0. The van der Waals surface area contributed by atoms with Crippen molar-refractivity contribution in [1.82, 2.24) is 0 Å². The summed E-state index contributed by atoms with van der Waals surface area (Å²) in [5.41, 5.74) is 6.16. The van der Waals surface area contributed by atoms with Crippen LogP contribution in [0.25, 0.3) is 11.1 Å². The lowest BCUT2D eigenvalue weighted by atomic mass is 9.96. The number of phenolic OH excluding ortho intramolecular Hbond substituents is 1. The Balaban J connectivity index is 2.40. The number of rotatable bonds is 2. The minimum Gasteiger partial charge on any atom is -0.508 e.